The predicted octanol–water partition coefficient (Wildman–Crippen LogP) is 1.90. The van der Waals surface area contributed by atoms with E-state index in [-0.39, 0.29) is 0 Å². The Morgan fingerprint density at radius 1 is 1.47 bits per heavy atom. The van der Waals surface area contributed by atoms with Crippen LogP contribution in [-0.2, 0) is 6.42 Å². The molecular formula is C11H17N5S. The number of rotatable bonds is 5. The zero-order valence-corrected chi connectivity index (χ0v) is 11.1. The maximum absolute atomic E-state index is 4.30. The first-order valence-corrected chi connectivity index (χ1v) is 6.41. The molecular weight excluding hydrogens is 234 g/mol. The van der Waals surface area contributed by atoms with Gasteiger partial charge in [0.25, 0.3) is 0 Å². The van der Waals surface area contributed by atoms with Crippen LogP contribution in [0.25, 0.3) is 0 Å². The standard InChI is InChI=1S/C11H17N5S/c1-8-9(5-7-17-8)4-6-12-10-13-11(15-14-10)16(2)3/h5,7H,4,6H2,1-3H3,(H2,12,13,14,15). The lowest BCUT2D eigenvalue weighted by atomic mass is 10.2. The summed E-state index contributed by atoms with van der Waals surface area (Å²) in [7, 11) is 3.84. The highest BCUT2D eigenvalue weighted by Gasteiger charge is 2.04. The Morgan fingerprint density at radius 2 is 2.29 bits per heavy atom. The Kier molecular flexibility index (Phi) is 3.63. The molecule has 2 N–H and O–H groups in total. The molecule has 0 saturated heterocycles. The quantitative estimate of drug-likeness (QED) is 0.852. The van der Waals surface area contributed by atoms with Gasteiger partial charge in [0.15, 0.2) is 0 Å². The topological polar surface area (TPSA) is 56.8 Å². The van der Waals surface area contributed by atoms with Gasteiger partial charge >= 0.3 is 0 Å². The second kappa shape index (κ2) is 5.18. The molecule has 2 aromatic rings. The van der Waals surface area contributed by atoms with Gasteiger partial charge in [-0.25, -0.2) is 5.10 Å². The molecule has 0 radical (unpaired) electrons. The molecule has 0 atom stereocenters. The van der Waals surface area contributed by atoms with Gasteiger partial charge in [0.2, 0.25) is 11.9 Å². The van der Waals surface area contributed by atoms with Crippen molar-refractivity contribution in [2.75, 3.05) is 30.9 Å². The number of aromatic amines is 1. The van der Waals surface area contributed by atoms with Crippen LogP contribution < -0.4 is 10.2 Å². The molecule has 0 fully saturated rings. The zero-order valence-electron chi connectivity index (χ0n) is 10.3. The van der Waals surface area contributed by atoms with Gasteiger partial charge in [-0.15, -0.1) is 16.4 Å². The molecule has 0 spiro atoms. The average Bonchev–Trinajstić information content (AvgIpc) is 2.89. The van der Waals surface area contributed by atoms with E-state index in [1.807, 2.05) is 19.0 Å². The first-order chi connectivity index (χ1) is 8.16. The number of nitrogens with one attached hydrogen (secondary N) is 2. The second-order valence-corrected chi connectivity index (χ2v) is 5.18. The number of hydrogen-bond donors (Lipinski definition) is 2. The van der Waals surface area contributed by atoms with Gasteiger partial charge in [-0.2, -0.15) is 4.98 Å². The maximum Gasteiger partial charge on any atom is 0.245 e. The minimum Gasteiger partial charge on any atom is -0.354 e. The van der Waals surface area contributed by atoms with Crippen LogP contribution in [0, 0.1) is 6.92 Å². The fourth-order valence-corrected chi connectivity index (χ4v) is 2.28. The minimum absolute atomic E-state index is 0.694. The van der Waals surface area contributed by atoms with Crippen LogP contribution in [0.15, 0.2) is 11.4 Å². The monoisotopic (exact) mass is 251 g/mol. The fraction of sp³-hybridized carbons (Fsp3) is 0.455. The summed E-state index contributed by atoms with van der Waals surface area (Å²) >= 11 is 1.79. The van der Waals surface area contributed by atoms with Crippen molar-refractivity contribution in [3.63, 3.8) is 0 Å². The molecule has 0 aromatic carbocycles. The second-order valence-electron chi connectivity index (χ2n) is 4.06. The van der Waals surface area contributed by atoms with Crippen molar-refractivity contribution in [1.82, 2.24) is 15.2 Å². The van der Waals surface area contributed by atoms with Gasteiger partial charge in [0.05, 0.1) is 0 Å². The Morgan fingerprint density at radius 3 is 2.88 bits per heavy atom. The van der Waals surface area contributed by atoms with Crippen LogP contribution in [0.5, 0.6) is 0 Å². The van der Waals surface area contributed by atoms with Gasteiger partial charge in [-0.1, -0.05) is 0 Å². The minimum atomic E-state index is 0.694. The maximum atomic E-state index is 4.30. The van der Waals surface area contributed by atoms with Crippen molar-refractivity contribution in [1.29, 1.82) is 0 Å². The summed E-state index contributed by atoms with van der Waals surface area (Å²) in [5.41, 5.74) is 1.40. The highest BCUT2D eigenvalue weighted by Crippen LogP contribution is 2.15. The summed E-state index contributed by atoms with van der Waals surface area (Å²) in [5.74, 6) is 1.42. The first-order valence-electron chi connectivity index (χ1n) is 5.53. The van der Waals surface area contributed by atoms with E-state index in [0.717, 1.165) is 18.9 Å². The summed E-state index contributed by atoms with van der Waals surface area (Å²) in [6.45, 7) is 3.01. The van der Waals surface area contributed by atoms with E-state index in [9.17, 15) is 0 Å². The summed E-state index contributed by atoms with van der Waals surface area (Å²) in [6, 6.07) is 2.17. The summed E-state index contributed by atoms with van der Waals surface area (Å²) in [4.78, 5) is 7.55. The number of hydrogen-bond acceptors (Lipinski definition) is 5. The van der Waals surface area contributed by atoms with Crippen molar-refractivity contribution in [2.24, 2.45) is 0 Å². The molecule has 0 bridgehead atoms. The molecule has 2 heterocycles. The van der Waals surface area contributed by atoms with Crippen LogP contribution in [0.4, 0.5) is 11.9 Å². The van der Waals surface area contributed by atoms with E-state index < -0.39 is 0 Å². The molecule has 0 aliphatic rings. The third-order valence-corrected chi connectivity index (χ3v) is 3.41. The predicted molar refractivity (Wildman–Crippen MR) is 72.0 cm³/mol. The van der Waals surface area contributed by atoms with Gasteiger partial charge in [0, 0.05) is 25.5 Å². The highest BCUT2D eigenvalue weighted by molar-refractivity contribution is 7.10. The molecule has 0 unspecified atom stereocenters. The summed E-state index contributed by atoms with van der Waals surface area (Å²) in [5, 5.41) is 12.3. The molecule has 2 aromatic heterocycles. The molecule has 2 rings (SSSR count). The lowest BCUT2D eigenvalue weighted by Gasteiger charge is -2.04. The number of nitrogens with zero attached hydrogens (tertiary/aromatic N) is 3. The molecule has 5 nitrogen and oxygen atoms in total. The Hall–Kier alpha value is -1.56. The van der Waals surface area contributed by atoms with Gasteiger partial charge in [-0.3, -0.25) is 0 Å². The average molecular weight is 251 g/mol. The number of aromatic nitrogens is 3. The van der Waals surface area contributed by atoms with E-state index in [1.165, 1.54) is 10.4 Å². The van der Waals surface area contributed by atoms with Crippen molar-refractivity contribution in [3.8, 4) is 0 Å². The first kappa shape index (κ1) is 11.9. The third kappa shape index (κ3) is 2.97. The van der Waals surface area contributed by atoms with E-state index in [2.05, 4.69) is 38.9 Å². The summed E-state index contributed by atoms with van der Waals surface area (Å²) in [6.07, 6.45) is 1.01. The number of thiophene rings is 1. The fourth-order valence-electron chi connectivity index (χ4n) is 1.52. The molecule has 0 aliphatic carbocycles. The van der Waals surface area contributed by atoms with Crippen LogP contribution >= 0.6 is 11.3 Å². The third-order valence-electron chi connectivity index (χ3n) is 2.53. The molecule has 17 heavy (non-hydrogen) atoms. The van der Waals surface area contributed by atoms with E-state index >= 15 is 0 Å². The largest absolute Gasteiger partial charge is 0.354 e. The number of anilines is 2. The van der Waals surface area contributed by atoms with E-state index in [1.54, 1.807) is 11.3 Å². The van der Waals surface area contributed by atoms with Crippen LogP contribution in [-0.4, -0.2) is 35.8 Å². The van der Waals surface area contributed by atoms with Crippen LogP contribution in [0.1, 0.15) is 10.4 Å². The Balaban J connectivity index is 1.84. The Bertz CT molecular complexity index is 474. The Labute approximate surface area is 105 Å². The van der Waals surface area contributed by atoms with Crippen LogP contribution in [0.3, 0.4) is 0 Å². The number of H-pyrrole nitrogens is 1. The molecule has 6 heteroatoms. The van der Waals surface area contributed by atoms with Crippen molar-refractivity contribution < 1.29 is 0 Å². The highest BCUT2D eigenvalue weighted by atomic mass is 32.1. The van der Waals surface area contributed by atoms with E-state index in [4.69, 9.17) is 0 Å². The molecule has 92 valence electrons. The molecule has 0 saturated carbocycles. The van der Waals surface area contributed by atoms with Gasteiger partial charge < -0.3 is 10.2 Å². The number of aryl methyl sites for hydroxylation is 1. The lowest BCUT2D eigenvalue weighted by molar-refractivity contribution is 0.979. The molecule has 0 aliphatic heterocycles. The zero-order chi connectivity index (χ0) is 12.3. The van der Waals surface area contributed by atoms with Gasteiger partial charge in [0.1, 0.15) is 0 Å². The normalized spacial score (nSPS) is 10.5. The smallest absolute Gasteiger partial charge is 0.245 e. The van der Waals surface area contributed by atoms with Crippen molar-refractivity contribution >= 4 is 23.2 Å². The summed E-state index contributed by atoms with van der Waals surface area (Å²) < 4.78 is 0. The van der Waals surface area contributed by atoms with Crippen molar-refractivity contribution in [3.05, 3.63) is 21.9 Å². The SMILES string of the molecule is Cc1sccc1CCNc1nc(N(C)C)n[nH]1. The lowest BCUT2D eigenvalue weighted by Crippen LogP contribution is -2.10. The van der Waals surface area contributed by atoms with Crippen molar-refractivity contribution in [2.45, 2.75) is 13.3 Å². The van der Waals surface area contributed by atoms with Crippen LogP contribution in [0.2, 0.25) is 0 Å². The molecule has 0 amide bonds. The van der Waals surface area contributed by atoms with Gasteiger partial charge in [-0.05, 0) is 30.4 Å². The van der Waals surface area contributed by atoms with E-state index in [0.29, 0.717) is 5.95 Å².